The minimum Gasteiger partial charge on any atom is -0.427 e. The molecule has 1 saturated carbocycles. The smallest absolute Gasteiger partial charge is 0.418 e. The topological polar surface area (TPSA) is 108 Å². The van der Waals surface area contributed by atoms with E-state index in [2.05, 4.69) is 17.1 Å². The summed E-state index contributed by atoms with van der Waals surface area (Å²) < 4.78 is 19.1. The van der Waals surface area contributed by atoms with Gasteiger partial charge in [0.25, 0.3) is 5.91 Å². The summed E-state index contributed by atoms with van der Waals surface area (Å²) in [5.41, 5.74) is 1.22. The fourth-order valence-corrected chi connectivity index (χ4v) is 5.58. The molecular formula is C28H30FN4O5. The Morgan fingerprint density at radius 1 is 1.13 bits per heavy atom. The van der Waals surface area contributed by atoms with Crippen LogP contribution in [0.5, 0.6) is 0 Å². The summed E-state index contributed by atoms with van der Waals surface area (Å²) in [5.74, 6) is -1.27. The van der Waals surface area contributed by atoms with Crippen molar-refractivity contribution in [1.29, 1.82) is 0 Å². The molecule has 1 spiro atoms. The van der Waals surface area contributed by atoms with Gasteiger partial charge in [0.15, 0.2) is 0 Å². The fraction of sp³-hybridized carbons (Fsp3) is 0.393. The first kappa shape index (κ1) is 25.7. The highest BCUT2D eigenvalue weighted by molar-refractivity contribution is 6.06. The number of imide groups is 1. The quantitative estimate of drug-likeness (QED) is 0.600. The lowest BCUT2D eigenvalue weighted by Crippen LogP contribution is -2.48. The maximum Gasteiger partial charge on any atom is 0.418 e. The van der Waals surface area contributed by atoms with Crippen LogP contribution < -0.4 is 10.6 Å². The Balaban J connectivity index is 1.35. The molecule has 2 aromatic carbocycles. The Hall–Kier alpha value is -3.95. The largest absolute Gasteiger partial charge is 0.427 e. The number of halogens is 1. The normalized spacial score (nSPS) is 20.8. The van der Waals surface area contributed by atoms with Gasteiger partial charge in [-0.05, 0) is 73.9 Å². The molecule has 1 atom stereocenters. The number of hydrogen-bond donors (Lipinski definition) is 2. The minimum atomic E-state index is -1.47. The van der Waals surface area contributed by atoms with Crippen LogP contribution in [0.3, 0.4) is 0 Å². The average molecular weight is 522 g/mol. The molecule has 2 aliphatic carbocycles. The predicted octanol–water partition coefficient (Wildman–Crippen LogP) is 3.87. The zero-order chi connectivity index (χ0) is 26.9. The fourth-order valence-electron chi connectivity index (χ4n) is 5.58. The molecule has 2 fully saturated rings. The monoisotopic (exact) mass is 521 g/mol. The number of anilines is 1. The molecular weight excluding hydrogens is 491 g/mol. The number of amides is 5. The van der Waals surface area contributed by atoms with Gasteiger partial charge < -0.3 is 20.3 Å². The maximum absolute atomic E-state index is 13.6. The lowest BCUT2D eigenvalue weighted by atomic mass is 9.93. The SMILES string of the molecule is CNC(=O)Nc1ccc2c(c1)CCC21OC(=O)N(CC(=O)N(Cc2ccc(F)cc2)C2CC[CH]CC2)C1=O. The summed E-state index contributed by atoms with van der Waals surface area (Å²) >= 11 is 0. The van der Waals surface area contributed by atoms with Crippen molar-refractivity contribution in [2.24, 2.45) is 0 Å². The van der Waals surface area contributed by atoms with Crippen LogP contribution in [0.4, 0.5) is 19.7 Å². The number of ether oxygens (including phenoxy) is 1. The summed E-state index contributed by atoms with van der Waals surface area (Å²) in [6, 6.07) is 10.7. The van der Waals surface area contributed by atoms with Crippen molar-refractivity contribution >= 4 is 29.6 Å². The second kappa shape index (κ2) is 10.4. The average Bonchev–Trinajstić information content (AvgIpc) is 3.40. The lowest BCUT2D eigenvalue weighted by Gasteiger charge is -2.35. The third-order valence-corrected chi connectivity index (χ3v) is 7.57. The summed E-state index contributed by atoms with van der Waals surface area (Å²) in [4.78, 5) is 54.4. The zero-order valence-corrected chi connectivity index (χ0v) is 21.2. The third-order valence-electron chi connectivity index (χ3n) is 7.57. The molecule has 199 valence electrons. The van der Waals surface area contributed by atoms with Crippen molar-refractivity contribution in [3.05, 3.63) is 71.4 Å². The molecule has 10 heteroatoms. The van der Waals surface area contributed by atoms with Crippen LogP contribution >= 0.6 is 0 Å². The molecule has 2 aromatic rings. The first-order valence-electron chi connectivity index (χ1n) is 12.8. The second-order valence-corrected chi connectivity index (χ2v) is 9.91. The van der Waals surface area contributed by atoms with Crippen LogP contribution in [-0.2, 0) is 32.9 Å². The van der Waals surface area contributed by atoms with Crippen LogP contribution in [0.25, 0.3) is 0 Å². The van der Waals surface area contributed by atoms with E-state index in [9.17, 15) is 23.6 Å². The van der Waals surface area contributed by atoms with E-state index in [1.54, 1.807) is 35.2 Å². The van der Waals surface area contributed by atoms with Gasteiger partial charge in [0.1, 0.15) is 12.4 Å². The van der Waals surface area contributed by atoms with Crippen LogP contribution in [0.2, 0.25) is 0 Å². The molecule has 3 aliphatic rings. The van der Waals surface area contributed by atoms with E-state index in [0.29, 0.717) is 17.7 Å². The van der Waals surface area contributed by atoms with Crippen LogP contribution in [0.15, 0.2) is 42.5 Å². The molecule has 1 unspecified atom stereocenters. The number of aryl methyl sites for hydroxylation is 1. The van der Waals surface area contributed by atoms with Crippen molar-refractivity contribution in [3.63, 3.8) is 0 Å². The van der Waals surface area contributed by atoms with Gasteiger partial charge in [-0.2, -0.15) is 0 Å². The van der Waals surface area contributed by atoms with Crippen molar-refractivity contribution in [2.45, 2.75) is 56.7 Å². The van der Waals surface area contributed by atoms with E-state index in [0.717, 1.165) is 41.7 Å². The van der Waals surface area contributed by atoms with Gasteiger partial charge >= 0.3 is 12.1 Å². The molecule has 1 aliphatic heterocycles. The van der Waals surface area contributed by atoms with E-state index in [4.69, 9.17) is 4.74 Å². The Kier molecular flexibility index (Phi) is 7.05. The van der Waals surface area contributed by atoms with Gasteiger partial charge in [-0.15, -0.1) is 0 Å². The third kappa shape index (κ3) is 4.82. The molecule has 0 bridgehead atoms. The van der Waals surface area contributed by atoms with Crippen LogP contribution in [-0.4, -0.2) is 53.4 Å². The van der Waals surface area contributed by atoms with E-state index in [1.165, 1.54) is 19.2 Å². The predicted molar refractivity (Wildman–Crippen MR) is 136 cm³/mol. The molecule has 1 heterocycles. The number of nitrogens with zero attached hydrogens (tertiary/aromatic N) is 2. The number of carbonyl (C=O) groups is 4. The first-order valence-corrected chi connectivity index (χ1v) is 12.8. The van der Waals surface area contributed by atoms with Crippen LogP contribution in [0, 0.1) is 12.2 Å². The Labute approximate surface area is 220 Å². The van der Waals surface area contributed by atoms with Gasteiger partial charge in [0.2, 0.25) is 11.5 Å². The molecule has 0 aromatic heterocycles. The Bertz CT molecular complexity index is 1260. The van der Waals surface area contributed by atoms with Crippen molar-refractivity contribution < 1.29 is 28.3 Å². The molecule has 1 radical (unpaired) electrons. The Morgan fingerprint density at radius 2 is 1.87 bits per heavy atom. The van der Waals surface area contributed by atoms with Crippen LogP contribution in [0.1, 0.15) is 48.8 Å². The van der Waals surface area contributed by atoms with Crippen molar-refractivity contribution in [1.82, 2.24) is 15.1 Å². The van der Waals surface area contributed by atoms with E-state index in [-0.39, 0.29) is 36.8 Å². The van der Waals surface area contributed by atoms with Crippen molar-refractivity contribution in [3.8, 4) is 0 Å². The number of carbonyl (C=O) groups excluding carboxylic acids is 4. The number of urea groups is 1. The summed E-state index contributed by atoms with van der Waals surface area (Å²) in [6.07, 6.45) is 5.41. The summed E-state index contributed by atoms with van der Waals surface area (Å²) in [7, 11) is 1.51. The van der Waals surface area contributed by atoms with Gasteiger partial charge in [-0.25, -0.2) is 18.9 Å². The number of hydrogen-bond acceptors (Lipinski definition) is 5. The minimum absolute atomic E-state index is 0.0429. The maximum atomic E-state index is 13.6. The number of fused-ring (bicyclic) bond motifs is 2. The van der Waals surface area contributed by atoms with E-state index >= 15 is 0 Å². The van der Waals surface area contributed by atoms with E-state index < -0.39 is 24.1 Å². The van der Waals surface area contributed by atoms with Gasteiger partial charge in [0.05, 0.1) is 0 Å². The number of rotatable bonds is 6. The highest BCUT2D eigenvalue weighted by Gasteiger charge is 2.58. The van der Waals surface area contributed by atoms with Gasteiger partial charge in [-0.1, -0.05) is 18.2 Å². The lowest BCUT2D eigenvalue weighted by molar-refractivity contribution is -0.143. The van der Waals surface area contributed by atoms with Crippen molar-refractivity contribution in [2.75, 3.05) is 18.9 Å². The standard InChI is InChI=1S/C28H30FN4O5/c1-30-26(36)31-21-11-12-23-19(15-21)13-14-28(23)25(35)33(27(37)38-28)17-24(34)32(22-5-3-2-4-6-22)16-18-7-9-20(29)10-8-18/h2,7-12,15,22H,3-6,13-14,16-17H2,1H3,(H2,30,31,36). The molecule has 2 N–H and O–H groups in total. The number of nitrogens with one attached hydrogen (secondary N) is 2. The molecule has 9 nitrogen and oxygen atoms in total. The first-order chi connectivity index (χ1) is 18.3. The highest BCUT2D eigenvalue weighted by atomic mass is 19.1. The molecule has 1 saturated heterocycles. The molecule has 5 rings (SSSR count). The highest BCUT2D eigenvalue weighted by Crippen LogP contribution is 2.46. The van der Waals surface area contributed by atoms with Gasteiger partial charge in [0, 0.05) is 37.3 Å². The zero-order valence-electron chi connectivity index (χ0n) is 21.2. The summed E-state index contributed by atoms with van der Waals surface area (Å²) in [6.45, 7) is -0.164. The second-order valence-electron chi connectivity index (χ2n) is 9.91. The van der Waals surface area contributed by atoms with Gasteiger partial charge in [-0.3, -0.25) is 9.59 Å². The molecule has 38 heavy (non-hydrogen) atoms. The van der Waals surface area contributed by atoms with E-state index in [1.807, 2.05) is 0 Å². The molecule has 5 amide bonds. The number of benzene rings is 2. The summed E-state index contributed by atoms with van der Waals surface area (Å²) in [5, 5.41) is 5.18. The Morgan fingerprint density at radius 3 is 2.58 bits per heavy atom.